The van der Waals surface area contributed by atoms with Crippen LogP contribution in [0.5, 0.6) is 0 Å². The van der Waals surface area contributed by atoms with Gasteiger partial charge in [-0.3, -0.25) is 0 Å². The molecule has 0 aliphatic carbocycles. The van der Waals surface area contributed by atoms with Crippen LogP contribution >= 0.6 is 22.6 Å². The minimum atomic E-state index is 0.486. The van der Waals surface area contributed by atoms with Crippen LogP contribution in [-0.2, 0) is 0 Å². The Hall–Kier alpha value is -1.63. The number of fused-ring (bicyclic) bond motifs is 1. The maximum atomic E-state index is 5.65. The van der Waals surface area contributed by atoms with Gasteiger partial charge in [0.15, 0.2) is 5.58 Å². The first-order valence-corrected chi connectivity index (χ1v) is 6.08. The summed E-state index contributed by atoms with van der Waals surface area (Å²) < 4.78 is 6.78. The molecule has 0 aliphatic heterocycles. The van der Waals surface area contributed by atoms with Crippen LogP contribution < -0.4 is 5.73 Å². The van der Waals surface area contributed by atoms with E-state index in [-0.39, 0.29) is 0 Å². The molecule has 5 heteroatoms. The van der Waals surface area contributed by atoms with E-state index < -0.39 is 0 Å². The van der Waals surface area contributed by atoms with Crippen LogP contribution in [-0.4, -0.2) is 9.97 Å². The molecule has 84 valence electrons. The smallest absolute Gasteiger partial charge is 0.228 e. The summed E-state index contributed by atoms with van der Waals surface area (Å²) in [6.07, 6.45) is 1.66. The molecule has 0 spiro atoms. The average Bonchev–Trinajstić information content (AvgIpc) is 2.72. The number of pyridine rings is 1. The summed E-state index contributed by atoms with van der Waals surface area (Å²) in [5.74, 6) is 1.05. The zero-order valence-corrected chi connectivity index (χ0v) is 10.9. The molecule has 3 aromatic rings. The molecule has 1 aromatic carbocycles. The second kappa shape index (κ2) is 3.99. The van der Waals surface area contributed by atoms with Crippen molar-refractivity contribution < 1.29 is 4.42 Å². The monoisotopic (exact) mass is 337 g/mol. The quantitative estimate of drug-likeness (QED) is 0.693. The molecule has 0 saturated heterocycles. The van der Waals surface area contributed by atoms with E-state index in [0.29, 0.717) is 11.7 Å². The molecule has 2 N–H and O–H groups in total. The number of nitrogen functional groups attached to an aromatic ring is 1. The summed E-state index contributed by atoms with van der Waals surface area (Å²) in [5, 5.41) is 0. The molecular weight excluding hydrogens is 329 g/mol. The summed E-state index contributed by atoms with van der Waals surface area (Å²) in [7, 11) is 0. The lowest BCUT2D eigenvalue weighted by molar-refractivity contribution is 0.619. The second-order valence-electron chi connectivity index (χ2n) is 3.60. The minimum absolute atomic E-state index is 0.486. The summed E-state index contributed by atoms with van der Waals surface area (Å²) in [6.45, 7) is 0. The summed E-state index contributed by atoms with van der Waals surface area (Å²) in [4.78, 5) is 8.44. The van der Waals surface area contributed by atoms with Crippen molar-refractivity contribution >= 4 is 39.5 Å². The molecule has 3 rings (SSSR count). The zero-order valence-electron chi connectivity index (χ0n) is 8.72. The Labute approximate surface area is 111 Å². The van der Waals surface area contributed by atoms with E-state index in [1.54, 1.807) is 12.3 Å². The minimum Gasteiger partial charge on any atom is -0.436 e. The number of nitrogens with zero attached hydrogens (tertiary/aromatic N) is 2. The van der Waals surface area contributed by atoms with Crippen molar-refractivity contribution in [1.82, 2.24) is 9.97 Å². The summed E-state index contributed by atoms with van der Waals surface area (Å²) in [5.41, 5.74) is 7.99. The second-order valence-corrected chi connectivity index (χ2v) is 4.85. The Balaban J connectivity index is 2.14. The van der Waals surface area contributed by atoms with Gasteiger partial charge in [-0.1, -0.05) is 0 Å². The molecule has 2 aromatic heterocycles. The number of hydrogen-bond acceptors (Lipinski definition) is 4. The van der Waals surface area contributed by atoms with Gasteiger partial charge in [-0.2, -0.15) is 0 Å². The van der Waals surface area contributed by atoms with Gasteiger partial charge < -0.3 is 10.2 Å². The zero-order chi connectivity index (χ0) is 11.8. The molecule has 0 fully saturated rings. The predicted molar refractivity (Wildman–Crippen MR) is 74.4 cm³/mol. The van der Waals surface area contributed by atoms with Crippen molar-refractivity contribution in [3.8, 4) is 11.5 Å². The van der Waals surface area contributed by atoms with Gasteiger partial charge in [0.2, 0.25) is 5.89 Å². The summed E-state index contributed by atoms with van der Waals surface area (Å²) >= 11 is 2.25. The fraction of sp³-hybridized carbons (Fsp3) is 0. The number of oxazole rings is 1. The van der Waals surface area contributed by atoms with Gasteiger partial charge in [-0.25, -0.2) is 9.97 Å². The standard InChI is InChI=1S/C12H8IN3O/c13-8-2-3-10-9(5-8)16-12(17-10)7-1-4-11(14)15-6-7/h1-6H,(H2,14,15). The lowest BCUT2D eigenvalue weighted by Crippen LogP contribution is -1.88. The molecule has 2 heterocycles. The van der Waals surface area contributed by atoms with E-state index in [9.17, 15) is 0 Å². The van der Waals surface area contributed by atoms with E-state index in [4.69, 9.17) is 10.2 Å². The Bertz CT molecular complexity index is 676. The Morgan fingerprint density at radius 1 is 1.18 bits per heavy atom. The van der Waals surface area contributed by atoms with Crippen molar-refractivity contribution in [3.63, 3.8) is 0 Å². The van der Waals surface area contributed by atoms with Crippen molar-refractivity contribution in [2.45, 2.75) is 0 Å². The van der Waals surface area contributed by atoms with Crippen LogP contribution in [0.15, 0.2) is 40.9 Å². The first kappa shape index (κ1) is 10.5. The van der Waals surface area contributed by atoms with Crippen molar-refractivity contribution in [1.29, 1.82) is 0 Å². The number of nitrogens with two attached hydrogens (primary N) is 1. The Morgan fingerprint density at radius 2 is 2.06 bits per heavy atom. The number of rotatable bonds is 1. The van der Waals surface area contributed by atoms with E-state index in [0.717, 1.165) is 20.2 Å². The van der Waals surface area contributed by atoms with Gasteiger partial charge in [0.25, 0.3) is 0 Å². The van der Waals surface area contributed by atoms with Crippen LogP contribution in [0, 0.1) is 3.57 Å². The third kappa shape index (κ3) is 1.97. The fourth-order valence-corrected chi connectivity index (χ4v) is 2.03. The van der Waals surface area contributed by atoms with Crippen molar-refractivity contribution in [2.75, 3.05) is 5.73 Å². The first-order valence-electron chi connectivity index (χ1n) is 5.00. The van der Waals surface area contributed by atoms with Crippen molar-refractivity contribution in [2.24, 2.45) is 0 Å². The molecule has 17 heavy (non-hydrogen) atoms. The van der Waals surface area contributed by atoms with Gasteiger partial charge in [-0.15, -0.1) is 0 Å². The molecule has 0 aliphatic rings. The van der Waals surface area contributed by atoms with Crippen molar-refractivity contribution in [3.05, 3.63) is 40.1 Å². The van der Waals surface area contributed by atoms with Crippen LogP contribution in [0.3, 0.4) is 0 Å². The third-order valence-electron chi connectivity index (χ3n) is 2.38. The highest BCUT2D eigenvalue weighted by Crippen LogP contribution is 2.25. The van der Waals surface area contributed by atoms with Gasteiger partial charge in [-0.05, 0) is 52.9 Å². The predicted octanol–water partition coefficient (Wildman–Crippen LogP) is 3.08. The maximum Gasteiger partial charge on any atom is 0.228 e. The number of benzene rings is 1. The van der Waals surface area contributed by atoms with Crippen LogP contribution in [0.25, 0.3) is 22.6 Å². The van der Waals surface area contributed by atoms with E-state index in [1.165, 1.54) is 0 Å². The van der Waals surface area contributed by atoms with Gasteiger partial charge in [0.1, 0.15) is 11.3 Å². The fourth-order valence-electron chi connectivity index (χ4n) is 1.56. The number of hydrogen-bond donors (Lipinski definition) is 1. The molecule has 4 nitrogen and oxygen atoms in total. The number of halogens is 1. The molecule has 0 radical (unpaired) electrons. The summed E-state index contributed by atoms with van der Waals surface area (Å²) in [6, 6.07) is 9.46. The maximum absolute atomic E-state index is 5.65. The molecule has 0 saturated carbocycles. The molecule has 0 amide bonds. The molecule has 0 unspecified atom stereocenters. The van der Waals surface area contributed by atoms with Gasteiger partial charge >= 0.3 is 0 Å². The van der Waals surface area contributed by atoms with Crippen LogP contribution in [0.1, 0.15) is 0 Å². The normalized spacial score (nSPS) is 10.9. The Kier molecular flexibility index (Phi) is 2.47. The number of anilines is 1. The van der Waals surface area contributed by atoms with E-state index in [2.05, 4.69) is 32.6 Å². The lowest BCUT2D eigenvalue weighted by Gasteiger charge is -1.94. The topological polar surface area (TPSA) is 64.9 Å². The highest BCUT2D eigenvalue weighted by atomic mass is 127. The average molecular weight is 337 g/mol. The largest absolute Gasteiger partial charge is 0.436 e. The molecule has 0 atom stereocenters. The first-order chi connectivity index (χ1) is 8.22. The Morgan fingerprint density at radius 3 is 2.82 bits per heavy atom. The van der Waals surface area contributed by atoms with Crippen LogP contribution in [0.4, 0.5) is 5.82 Å². The molecule has 0 bridgehead atoms. The lowest BCUT2D eigenvalue weighted by atomic mass is 10.3. The van der Waals surface area contributed by atoms with Gasteiger partial charge in [0.05, 0.1) is 5.56 Å². The third-order valence-corrected chi connectivity index (χ3v) is 3.05. The van der Waals surface area contributed by atoms with E-state index >= 15 is 0 Å². The highest BCUT2D eigenvalue weighted by molar-refractivity contribution is 14.1. The molecular formula is C12H8IN3O. The van der Waals surface area contributed by atoms with Crippen LogP contribution in [0.2, 0.25) is 0 Å². The SMILES string of the molecule is Nc1ccc(-c2nc3cc(I)ccc3o2)cn1. The van der Waals surface area contributed by atoms with E-state index in [1.807, 2.05) is 24.3 Å². The number of aromatic nitrogens is 2. The highest BCUT2D eigenvalue weighted by Gasteiger charge is 2.08. The van der Waals surface area contributed by atoms with Gasteiger partial charge in [0, 0.05) is 9.77 Å².